The summed E-state index contributed by atoms with van der Waals surface area (Å²) in [5.74, 6) is 0.775. The van der Waals surface area contributed by atoms with Crippen LogP contribution in [0.5, 0.6) is 17.2 Å². The Kier molecular flexibility index (Phi) is 5.11. The van der Waals surface area contributed by atoms with E-state index in [1.807, 2.05) is 0 Å². The topological polar surface area (TPSA) is 113 Å². The van der Waals surface area contributed by atoms with Gasteiger partial charge in [0.25, 0.3) is 0 Å². The SMILES string of the molecule is COc1ccc(-[n+]2[nH]oc(=O)c2C([O-])=Nc2cc(OC)cc(OC)c2)cc1. The lowest BCUT2D eigenvalue weighted by molar-refractivity contribution is -0.673. The van der Waals surface area contributed by atoms with Crippen molar-refractivity contribution in [3.05, 3.63) is 58.6 Å². The lowest BCUT2D eigenvalue weighted by Gasteiger charge is -2.08. The summed E-state index contributed by atoms with van der Waals surface area (Å²) in [6.45, 7) is 0. The first-order chi connectivity index (χ1) is 13.0. The van der Waals surface area contributed by atoms with Crippen LogP contribution in [0, 0.1) is 0 Å². The van der Waals surface area contributed by atoms with E-state index < -0.39 is 11.5 Å². The Morgan fingerprint density at radius 2 is 1.59 bits per heavy atom. The van der Waals surface area contributed by atoms with Gasteiger partial charge in [-0.1, -0.05) is 0 Å². The minimum Gasteiger partial charge on any atom is -0.854 e. The molecule has 0 saturated heterocycles. The number of nitrogens with zero attached hydrogens (tertiary/aromatic N) is 2. The quantitative estimate of drug-likeness (QED) is 0.388. The summed E-state index contributed by atoms with van der Waals surface area (Å²) in [7, 11) is 4.51. The fraction of sp³-hybridized carbons (Fsp3) is 0.167. The molecule has 0 atom stereocenters. The van der Waals surface area contributed by atoms with Crippen molar-refractivity contribution in [1.29, 1.82) is 0 Å². The molecule has 1 heterocycles. The molecular weight excluding hydrogens is 354 g/mol. The number of hydrogen-bond acceptors (Lipinski definition) is 7. The van der Waals surface area contributed by atoms with Crippen LogP contribution >= 0.6 is 0 Å². The highest BCUT2D eigenvalue weighted by Crippen LogP contribution is 2.27. The van der Waals surface area contributed by atoms with Crippen LogP contribution in [0.2, 0.25) is 0 Å². The molecule has 0 bridgehead atoms. The van der Waals surface area contributed by atoms with Gasteiger partial charge in [0, 0.05) is 30.3 Å². The fourth-order valence-electron chi connectivity index (χ4n) is 2.40. The Hall–Kier alpha value is -3.75. The second kappa shape index (κ2) is 7.65. The van der Waals surface area contributed by atoms with Crippen LogP contribution in [-0.4, -0.2) is 32.5 Å². The first kappa shape index (κ1) is 18.1. The van der Waals surface area contributed by atoms with Gasteiger partial charge in [0.05, 0.1) is 32.9 Å². The van der Waals surface area contributed by atoms with Gasteiger partial charge in [0.2, 0.25) is 5.69 Å². The summed E-state index contributed by atoms with van der Waals surface area (Å²) in [5.41, 5.74) is -0.335. The maximum atomic E-state index is 12.6. The molecule has 3 rings (SSSR count). The zero-order valence-corrected chi connectivity index (χ0v) is 14.9. The molecule has 2 aromatic carbocycles. The summed E-state index contributed by atoms with van der Waals surface area (Å²) < 4.78 is 21.4. The molecule has 0 fully saturated rings. The molecule has 0 aliphatic rings. The highest BCUT2D eigenvalue weighted by atomic mass is 16.5. The molecule has 3 aromatic rings. The normalized spacial score (nSPS) is 11.3. The van der Waals surface area contributed by atoms with Crippen LogP contribution in [0.3, 0.4) is 0 Å². The van der Waals surface area contributed by atoms with Crippen molar-refractivity contribution in [3.8, 4) is 22.9 Å². The van der Waals surface area contributed by atoms with Gasteiger partial charge < -0.3 is 19.3 Å². The van der Waals surface area contributed by atoms with Crippen LogP contribution in [0.15, 0.2) is 56.8 Å². The first-order valence-corrected chi connectivity index (χ1v) is 7.83. The van der Waals surface area contributed by atoms with Gasteiger partial charge in [-0.3, -0.25) is 9.52 Å². The number of rotatable bonds is 6. The minimum atomic E-state index is -0.838. The molecule has 9 heteroatoms. The van der Waals surface area contributed by atoms with Gasteiger partial charge in [0.1, 0.15) is 17.2 Å². The smallest absolute Gasteiger partial charge is 0.436 e. The Labute approximate surface area is 154 Å². The zero-order valence-electron chi connectivity index (χ0n) is 14.9. The number of ether oxygens (including phenoxy) is 3. The van der Waals surface area contributed by atoms with Crippen LogP contribution < -0.4 is 29.6 Å². The van der Waals surface area contributed by atoms with Crippen molar-refractivity contribution in [3.63, 3.8) is 0 Å². The second-order valence-corrected chi connectivity index (χ2v) is 5.35. The van der Waals surface area contributed by atoms with E-state index in [0.717, 1.165) is 0 Å². The monoisotopic (exact) mass is 371 g/mol. The summed E-state index contributed by atoms with van der Waals surface area (Å²) in [4.78, 5) is 16.0. The third-order valence-electron chi connectivity index (χ3n) is 3.75. The van der Waals surface area contributed by atoms with Crippen molar-refractivity contribution >= 4 is 11.6 Å². The summed E-state index contributed by atoms with van der Waals surface area (Å²) in [5, 5.41) is 15.0. The van der Waals surface area contributed by atoms with E-state index >= 15 is 0 Å². The predicted octanol–water partition coefficient (Wildman–Crippen LogP) is 0.709. The van der Waals surface area contributed by atoms with Gasteiger partial charge in [0.15, 0.2) is 0 Å². The van der Waals surface area contributed by atoms with Crippen LogP contribution in [0.4, 0.5) is 5.69 Å². The summed E-state index contributed by atoms with van der Waals surface area (Å²) in [6.07, 6.45) is 0. The summed E-state index contributed by atoms with van der Waals surface area (Å²) >= 11 is 0. The van der Waals surface area contributed by atoms with Crippen LogP contribution in [0.25, 0.3) is 5.69 Å². The van der Waals surface area contributed by atoms with Crippen LogP contribution in [0.1, 0.15) is 5.69 Å². The molecule has 0 amide bonds. The van der Waals surface area contributed by atoms with E-state index in [1.54, 1.807) is 42.5 Å². The number of aromatic amines is 1. The van der Waals surface area contributed by atoms with Crippen molar-refractivity contribution in [1.82, 2.24) is 5.27 Å². The lowest BCUT2D eigenvalue weighted by Crippen LogP contribution is -2.44. The lowest BCUT2D eigenvalue weighted by atomic mass is 10.2. The molecule has 140 valence electrons. The molecule has 9 nitrogen and oxygen atoms in total. The van der Waals surface area contributed by atoms with Crippen molar-refractivity contribution < 1.29 is 28.5 Å². The number of benzene rings is 2. The number of hydrogen-bond donors (Lipinski definition) is 1. The minimum absolute atomic E-state index is 0.276. The molecule has 27 heavy (non-hydrogen) atoms. The maximum absolute atomic E-state index is 12.6. The summed E-state index contributed by atoms with van der Waals surface area (Å²) in [6, 6.07) is 11.4. The Morgan fingerprint density at radius 3 is 2.15 bits per heavy atom. The average Bonchev–Trinajstić information content (AvgIpc) is 3.09. The number of nitrogens with one attached hydrogen (secondary N) is 1. The highest BCUT2D eigenvalue weighted by Gasteiger charge is 2.24. The van der Waals surface area contributed by atoms with E-state index in [-0.39, 0.29) is 11.4 Å². The van der Waals surface area contributed by atoms with E-state index in [2.05, 4.69) is 10.3 Å². The van der Waals surface area contributed by atoms with Crippen molar-refractivity contribution in [2.24, 2.45) is 4.99 Å². The van der Waals surface area contributed by atoms with E-state index in [1.165, 1.54) is 26.0 Å². The Balaban J connectivity index is 2.05. The molecule has 0 aliphatic carbocycles. The van der Waals surface area contributed by atoms with Gasteiger partial charge in [-0.05, 0) is 22.1 Å². The van der Waals surface area contributed by atoms with E-state index in [0.29, 0.717) is 22.9 Å². The first-order valence-electron chi connectivity index (χ1n) is 7.83. The predicted molar refractivity (Wildman–Crippen MR) is 93.2 cm³/mol. The fourth-order valence-corrected chi connectivity index (χ4v) is 2.40. The molecule has 1 N–H and O–H groups in total. The molecule has 0 aliphatic heterocycles. The standard InChI is InChI=1S/C18H17N3O6/c1-24-13-6-4-12(5-7-13)21-16(18(23)27-20-21)17(22)19-11-8-14(25-2)10-15(9-11)26-3/h4-10H,1-3H3,(H-,19,20,22,23). The van der Waals surface area contributed by atoms with Crippen LogP contribution in [-0.2, 0) is 0 Å². The molecule has 0 spiro atoms. The Morgan fingerprint density at radius 1 is 1.00 bits per heavy atom. The Bertz CT molecular complexity index is 998. The van der Waals surface area contributed by atoms with Gasteiger partial charge in [-0.15, -0.1) is 0 Å². The number of aromatic nitrogens is 2. The van der Waals surface area contributed by atoms with Gasteiger partial charge >= 0.3 is 11.3 Å². The number of methoxy groups -OCH3 is 3. The number of H-pyrrole nitrogens is 1. The van der Waals surface area contributed by atoms with Crippen molar-refractivity contribution in [2.75, 3.05) is 21.3 Å². The molecule has 0 radical (unpaired) electrons. The van der Waals surface area contributed by atoms with E-state index in [9.17, 15) is 9.90 Å². The molecular formula is C18H17N3O6. The molecule has 0 saturated carbocycles. The maximum Gasteiger partial charge on any atom is 0.436 e. The van der Waals surface area contributed by atoms with E-state index in [4.69, 9.17) is 18.7 Å². The third kappa shape index (κ3) is 3.76. The largest absolute Gasteiger partial charge is 0.854 e. The van der Waals surface area contributed by atoms with Crippen molar-refractivity contribution in [2.45, 2.75) is 0 Å². The second-order valence-electron chi connectivity index (χ2n) is 5.35. The highest BCUT2D eigenvalue weighted by molar-refractivity contribution is 5.89. The zero-order chi connectivity index (χ0) is 19.4. The van der Waals surface area contributed by atoms with Gasteiger partial charge in [-0.2, -0.15) is 0 Å². The third-order valence-corrected chi connectivity index (χ3v) is 3.75. The molecule has 0 unspecified atom stereocenters. The number of aliphatic imine (C=N–C) groups is 1. The van der Waals surface area contributed by atoms with Gasteiger partial charge in [-0.25, -0.2) is 4.79 Å². The molecule has 1 aromatic heterocycles. The average molecular weight is 371 g/mol.